The van der Waals surface area contributed by atoms with Gasteiger partial charge in [0.25, 0.3) is 0 Å². The quantitative estimate of drug-likeness (QED) is 0.599. The summed E-state index contributed by atoms with van der Waals surface area (Å²) in [5.41, 5.74) is 0. The second-order valence-corrected chi connectivity index (χ2v) is 5.02. The molecule has 8 heteroatoms. The first-order valence-corrected chi connectivity index (χ1v) is 7.06. The molecule has 0 radical (unpaired) electrons. The lowest BCUT2D eigenvalue weighted by molar-refractivity contribution is -0.0447. The van der Waals surface area contributed by atoms with Gasteiger partial charge in [-0.1, -0.05) is 0 Å². The number of morpholine rings is 1. The van der Waals surface area contributed by atoms with Crippen molar-refractivity contribution in [3.8, 4) is 0 Å². The Bertz CT molecular complexity index is 485. The summed E-state index contributed by atoms with van der Waals surface area (Å²) in [5, 5.41) is 11.5. The molecule has 1 fully saturated rings. The molecule has 0 saturated carbocycles. The van der Waals surface area contributed by atoms with Crippen molar-refractivity contribution in [2.24, 2.45) is 12.0 Å². The predicted octanol–water partition coefficient (Wildman–Crippen LogP) is -0.454. The summed E-state index contributed by atoms with van der Waals surface area (Å²) in [6, 6.07) is 0. The lowest BCUT2D eigenvalue weighted by atomic mass is 10.3. The zero-order chi connectivity index (χ0) is 15.2. The first-order chi connectivity index (χ1) is 10.2. The molecule has 2 rings (SSSR count). The second kappa shape index (κ2) is 7.37. The highest BCUT2D eigenvalue weighted by molar-refractivity contribution is 5.79. The van der Waals surface area contributed by atoms with Gasteiger partial charge in [-0.05, 0) is 6.92 Å². The summed E-state index contributed by atoms with van der Waals surface area (Å²) >= 11 is 0. The Morgan fingerprint density at radius 2 is 2.33 bits per heavy atom. The lowest BCUT2D eigenvalue weighted by Crippen LogP contribution is -2.51. The largest absolute Gasteiger partial charge is 0.382 e. The van der Waals surface area contributed by atoms with Crippen molar-refractivity contribution in [3.63, 3.8) is 0 Å². The number of methoxy groups -OCH3 is 1. The van der Waals surface area contributed by atoms with Crippen molar-refractivity contribution in [2.45, 2.75) is 19.6 Å². The molecular formula is C13H24N6O2. The molecule has 1 aliphatic rings. The van der Waals surface area contributed by atoms with Crippen molar-refractivity contribution in [1.29, 1.82) is 0 Å². The van der Waals surface area contributed by atoms with Crippen LogP contribution in [-0.4, -0.2) is 72.2 Å². The zero-order valence-electron chi connectivity index (χ0n) is 13.2. The summed E-state index contributed by atoms with van der Waals surface area (Å²) in [6.45, 7) is 5.38. The molecule has 21 heavy (non-hydrogen) atoms. The Labute approximate surface area is 125 Å². The van der Waals surface area contributed by atoms with Gasteiger partial charge >= 0.3 is 0 Å². The van der Waals surface area contributed by atoms with E-state index >= 15 is 0 Å². The van der Waals surface area contributed by atoms with Crippen molar-refractivity contribution >= 4 is 5.96 Å². The summed E-state index contributed by atoms with van der Waals surface area (Å²) in [4.78, 5) is 6.51. The second-order valence-electron chi connectivity index (χ2n) is 5.02. The molecule has 0 aromatic carbocycles. The monoisotopic (exact) mass is 296 g/mol. The molecule has 1 aromatic heterocycles. The van der Waals surface area contributed by atoms with Crippen LogP contribution in [0.2, 0.25) is 0 Å². The molecule has 1 saturated heterocycles. The molecule has 1 unspecified atom stereocenters. The van der Waals surface area contributed by atoms with Crippen LogP contribution in [0.5, 0.6) is 0 Å². The third-order valence-corrected chi connectivity index (χ3v) is 3.59. The van der Waals surface area contributed by atoms with Crippen LogP contribution in [0.1, 0.15) is 11.6 Å². The molecule has 118 valence electrons. The average molecular weight is 296 g/mol. The van der Waals surface area contributed by atoms with Crippen LogP contribution >= 0.6 is 0 Å². The van der Waals surface area contributed by atoms with Gasteiger partial charge in [-0.3, -0.25) is 4.99 Å². The predicted molar refractivity (Wildman–Crippen MR) is 79.1 cm³/mol. The molecule has 1 aliphatic heterocycles. The van der Waals surface area contributed by atoms with Gasteiger partial charge < -0.3 is 24.3 Å². The summed E-state index contributed by atoms with van der Waals surface area (Å²) < 4.78 is 12.8. The van der Waals surface area contributed by atoms with E-state index in [1.54, 1.807) is 14.2 Å². The van der Waals surface area contributed by atoms with Gasteiger partial charge in [0.2, 0.25) is 0 Å². The molecule has 0 amide bonds. The number of aryl methyl sites for hydroxylation is 1. The SMILES string of the molecule is CN=C(NCc1nnc(C)n1C)N1CCOC(COC)C1. The van der Waals surface area contributed by atoms with Gasteiger partial charge in [0.15, 0.2) is 11.8 Å². The fourth-order valence-electron chi connectivity index (χ4n) is 2.29. The Morgan fingerprint density at radius 3 is 2.95 bits per heavy atom. The number of hydrogen-bond acceptors (Lipinski definition) is 5. The molecule has 0 spiro atoms. The molecule has 0 bridgehead atoms. The normalized spacial score (nSPS) is 19.9. The van der Waals surface area contributed by atoms with Gasteiger partial charge in [-0.15, -0.1) is 10.2 Å². The first-order valence-electron chi connectivity index (χ1n) is 7.06. The highest BCUT2D eigenvalue weighted by Gasteiger charge is 2.22. The fraction of sp³-hybridized carbons (Fsp3) is 0.769. The van der Waals surface area contributed by atoms with Crippen molar-refractivity contribution in [3.05, 3.63) is 11.6 Å². The van der Waals surface area contributed by atoms with Crippen LogP contribution in [0.25, 0.3) is 0 Å². The maximum atomic E-state index is 5.65. The van der Waals surface area contributed by atoms with E-state index in [4.69, 9.17) is 9.47 Å². The van der Waals surface area contributed by atoms with E-state index in [0.717, 1.165) is 30.7 Å². The Balaban J connectivity index is 1.92. The third-order valence-electron chi connectivity index (χ3n) is 3.59. The highest BCUT2D eigenvalue weighted by Crippen LogP contribution is 2.06. The molecule has 1 aromatic rings. The minimum absolute atomic E-state index is 0.0828. The first kappa shape index (κ1) is 15.7. The van der Waals surface area contributed by atoms with Crippen LogP contribution in [0.15, 0.2) is 4.99 Å². The molecule has 8 nitrogen and oxygen atoms in total. The van der Waals surface area contributed by atoms with Crippen LogP contribution < -0.4 is 5.32 Å². The fourth-order valence-corrected chi connectivity index (χ4v) is 2.29. The lowest BCUT2D eigenvalue weighted by Gasteiger charge is -2.34. The minimum atomic E-state index is 0.0828. The van der Waals surface area contributed by atoms with Crippen LogP contribution in [-0.2, 0) is 23.1 Å². The van der Waals surface area contributed by atoms with Crippen LogP contribution in [0, 0.1) is 6.92 Å². The standard InChI is InChI=1S/C13H24N6O2/c1-10-16-17-12(18(10)3)7-15-13(14-2)19-5-6-21-11(8-19)9-20-4/h11H,5-9H2,1-4H3,(H,14,15). The van der Waals surface area contributed by atoms with E-state index in [9.17, 15) is 0 Å². The molecule has 1 N–H and O–H groups in total. The molecule has 2 heterocycles. The Hall–Kier alpha value is -1.67. The molecular weight excluding hydrogens is 272 g/mol. The highest BCUT2D eigenvalue weighted by atomic mass is 16.5. The zero-order valence-corrected chi connectivity index (χ0v) is 13.2. The van der Waals surface area contributed by atoms with Gasteiger partial charge in [0, 0.05) is 34.3 Å². The maximum Gasteiger partial charge on any atom is 0.194 e. The summed E-state index contributed by atoms with van der Waals surface area (Å²) in [6.07, 6.45) is 0.0828. The number of aliphatic imine (C=N–C) groups is 1. The van der Waals surface area contributed by atoms with Crippen molar-refractivity contribution < 1.29 is 9.47 Å². The number of guanidine groups is 1. The number of hydrogen-bond donors (Lipinski definition) is 1. The molecule has 0 aliphatic carbocycles. The summed E-state index contributed by atoms with van der Waals surface area (Å²) in [7, 11) is 5.43. The van der Waals surface area contributed by atoms with E-state index in [1.165, 1.54) is 0 Å². The van der Waals surface area contributed by atoms with E-state index in [-0.39, 0.29) is 6.10 Å². The Kier molecular flexibility index (Phi) is 5.51. The smallest absolute Gasteiger partial charge is 0.194 e. The summed E-state index contributed by atoms with van der Waals surface area (Å²) in [5.74, 6) is 2.63. The number of rotatable bonds is 4. The van der Waals surface area contributed by atoms with Gasteiger partial charge in [0.1, 0.15) is 5.82 Å². The number of nitrogens with one attached hydrogen (secondary N) is 1. The minimum Gasteiger partial charge on any atom is -0.382 e. The average Bonchev–Trinajstić information content (AvgIpc) is 2.81. The van der Waals surface area contributed by atoms with Gasteiger partial charge in [-0.2, -0.15) is 0 Å². The van der Waals surface area contributed by atoms with E-state index in [1.807, 2.05) is 18.5 Å². The van der Waals surface area contributed by atoms with Crippen LogP contribution in [0.3, 0.4) is 0 Å². The van der Waals surface area contributed by atoms with E-state index < -0.39 is 0 Å². The Morgan fingerprint density at radius 1 is 1.52 bits per heavy atom. The topological polar surface area (TPSA) is 76.8 Å². The van der Waals surface area contributed by atoms with Crippen molar-refractivity contribution in [2.75, 3.05) is 40.5 Å². The third kappa shape index (κ3) is 3.92. The van der Waals surface area contributed by atoms with E-state index in [2.05, 4.69) is 25.4 Å². The van der Waals surface area contributed by atoms with Crippen molar-refractivity contribution in [1.82, 2.24) is 25.0 Å². The van der Waals surface area contributed by atoms with E-state index in [0.29, 0.717) is 19.8 Å². The maximum absolute atomic E-state index is 5.65. The van der Waals surface area contributed by atoms with Gasteiger partial charge in [0.05, 0.1) is 25.9 Å². The number of ether oxygens (including phenoxy) is 2. The number of nitrogens with zero attached hydrogens (tertiary/aromatic N) is 5. The van der Waals surface area contributed by atoms with Crippen LogP contribution in [0.4, 0.5) is 0 Å². The van der Waals surface area contributed by atoms with Gasteiger partial charge in [-0.25, -0.2) is 0 Å². The molecule has 1 atom stereocenters. The number of aromatic nitrogens is 3.